The van der Waals surface area contributed by atoms with E-state index in [2.05, 4.69) is 0 Å². The van der Waals surface area contributed by atoms with Crippen LogP contribution in [0.3, 0.4) is 0 Å². The highest BCUT2D eigenvalue weighted by Crippen LogP contribution is 2.39. The molecule has 1 heterocycles. The van der Waals surface area contributed by atoms with Crippen LogP contribution in [0.2, 0.25) is 0 Å². The van der Waals surface area contributed by atoms with E-state index < -0.39 is 0 Å². The Kier molecular flexibility index (Phi) is 3.52. The smallest absolute Gasteiger partial charge is 0.312 e. The molecule has 3 rings (SSSR count). The van der Waals surface area contributed by atoms with E-state index in [0.29, 0.717) is 18.1 Å². The molecule has 1 unspecified atom stereocenters. The monoisotopic (exact) mass is 284 g/mol. The Morgan fingerprint density at radius 1 is 1.14 bits per heavy atom. The molecule has 0 aromatic heterocycles. The third kappa shape index (κ3) is 2.57. The number of carbonyl (C=O) groups excluding carboxylic acids is 1. The maximum absolute atomic E-state index is 11.7. The average Bonchev–Trinajstić information content (AvgIpc) is 2.71. The molecule has 1 atom stereocenters. The lowest BCUT2D eigenvalue weighted by Gasteiger charge is -2.13. The van der Waals surface area contributed by atoms with Crippen LogP contribution in [0.5, 0.6) is 17.2 Å². The first-order valence-electron chi connectivity index (χ1n) is 6.79. The van der Waals surface area contributed by atoms with Gasteiger partial charge in [-0.2, -0.15) is 0 Å². The molecule has 4 nitrogen and oxygen atoms in total. The maximum Gasteiger partial charge on any atom is 0.312 e. The summed E-state index contributed by atoms with van der Waals surface area (Å²) in [5.74, 6) is 1.45. The molecule has 0 spiro atoms. The second-order valence-corrected chi connectivity index (χ2v) is 4.95. The maximum atomic E-state index is 11.7. The normalized spacial score (nSPS) is 13.8. The Hall–Kier alpha value is -2.49. The first kappa shape index (κ1) is 13.5. The number of ether oxygens (including phenoxy) is 3. The zero-order chi connectivity index (χ0) is 14.8. The van der Waals surface area contributed by atoms with Gasteiger partial charge in [-0.1, -0.05) is 24.3 Å². The first-order valence-corrected chi connectivity index (χ1v) is 6.79. The van der Waals surface area contributed by atoms with Gasteiger partial charge in [-0.05, 0) is 30.7 Å². The fourth-order valence-corrected chi connectivity index (χ4v) is 2.30. The summed E-state index contributed by atoms with van der Waals surface area (Å²) in [5, 5.41) is 0. The molecule has 1 aliphatic heterocycles. The standard InChI is InChI=1S/C17H16O4/c1-11(17(18)19-2)12-7-8-15-16(9-12)21-14-6-4-3-5-13(14)10-20-15/h3-9,11H,10H2,1-2H3. The van der Waals surface area contributed by atoms with E-state index in [1.807, 2.05) is 42.5 Å². The van der Waals surface area contributed by atoms with Gasteiger partial charge in [0.05, 0.1) is 13.0 Å². The third-order valence-corrected chi connectivity index (χ3v) is 3.60. The van der Waals surface area contributed by atoms with Crippen LogP contribution < -0.4 is 9.47 Å². The molecule has 0 fully saturated rings. The number of carbonyl (C=O) groups is 1. The minimum Gasteiger partial charge on any atom is -0.485 e. The summed E-state index contributed by atoms with van der Waals surface area (Å²) in [6.07, 6.45) is 0. The van der Waals surface area contributed by atoms with Crippen molar-refractivity contribution < 1.29 is 19.0 Å². The quantitative estimate of drug-likeness (QED) is 0.790. The van der Waals surface area contributed by atoms with Crippen LogP contribution in [0, 0.1) is 0 Å². The van der Waals surface area contributed by atoms with E-state index in [1.54, 1.807) is 6.92 Å². The average molecular weight is 284 g/mol. The van der Waals surface area contributed by atoms with Crippen LogP contribution in [0.25, 0.3) is 0 Å². The molecule has 2 aromatic rings. The van der Waals surface area contributed by atoms with Gasteiger partial charge in [-0.3, -0.25) is 4.79 Å². The molecule has 1 aliphatic rings. The molecule has 21 heavy (non-hydrogen) atoms. The number of rotatable bonds is 2. The van der Waals surface area contributed by atoms with Gasteiger partial charge in [0.1, 0.15) is 12.4 Å². The van der Waals surface area contributed by atoms with Crippen molar-refractivity contribution in [1.29, 1.82) is 0 Å². The zero-order valence-electron chi connectivity index (χ0n) is 12.0. The van der Waals surface area contributed by atoms with Gasteiger partial charge in [-0.25, -0.2) is 0 Å². The molecule has 0 N–H and O–H groups in total. The lowest BCUT2D eigenvalue weighted by molar-refractivity contribution is -0.141. The molecule has 4 heteroatoms. The second-order valence-electron chi connectivity index (χ2n) is 4.95. The fraction of sp³-hybridized carbons (Fsp3) is 0.235. The number of methoxy groups -OCH3 is 1. The molecule has 0 saturated carbocycles. The predicted octanol–water partition coefficient (Wildman–Crippen LogP) is 3.65. The molecule has 0 bridgehead atoms. The van der Waals surface area contributed by atoms with Gasteiger partial charge in [0.2, 0.25) is 0 Å². The van der Waals surface area contributed by atoms with Crippen LogP contribution in [0.1, 0.15) is 24.0 Å². The van der Waals surface area contributed by atoms with E-state index in [4.69, 9.17) is 14.2 Å². The van der Waals surface area contributed by atoms with Gasteiger partial charge in [0.15, 0.2) is 11.5 Å². The Morgan fingerprint density at radius 3 is 2.76 bits per heavy atom. The molecule has 0 saturated heterocycles. The summed E-state index contributed by atoms with van der Waals surface area (Å²) >= 11 is 0. The van der Waals surface area contributed by atoms with E-state index in [1.165, 1.54) is 7.11 Å². The van der Waals surface area contributed by atoms with Gasteiger partial charge >= 0.3 is 5.97 Å². The Labute approximate surface area is 123 Å². The number of benzene rings is 2. The highest BCUT2D eigenvalue weighted by atomic mass is 16.5. The van der Waals surface area contributed by atoms with Crippen molar-refractivity contribution >= 4 is 5.97 Å². The van der Waals surface area contributed by atoms with Crippen molar-refractivity contribution in [1.82, 2.24) is 0 Å². The van der Waals surface area contributed by atoms with Crippen molar-refractivity contribution in [3.8, 4) is 17.2 Å². The number of hydrogen-bond acceptors (Lipinski definition) is 4. The van der Waals surface area contributed by atoms with Crippen LogP contribution in [-0.2, 0) is 16.1 Å². The minimum absolute atomic E-state index is 0.273. The van der Waals surface area contributed by atoms with E-state index in [0.717, 1.165) is 16.9 Å². The topological polar surface area (TPSA) is 44.8 Å². The predicted molar refractivity (Wildman–Crippen MR) is 77.7 cm³/mol. The minimum atomic E-state index is -0.345. The Balaban J connectivity index is 1.96. The van der Waals surface area contributed by atoms with Gasteiger partial charge < -0.3 is 14.2 Å². The van der Waals surface area contributed by atoms with Crippen molar-refractivity contribution in [2.45, 2.75) is 19.4 Å². The van der Waals surface area contributed by atoms with Crippen molar-refractivity contribution in [2.75, 3.05) is 7.11 Å². The van der Waals surface area contributed by atoms with E-state index in [9.17, 15) is 4.79 Å². The van der Waals surface area contributed by atoms with Crippen LogP contribution in [0.15, 0.2) is 42.5 Å². The summed E-state index contributed by atoms with van der Waals surface area (Å²) in [5.41, 5.74) is 1.83. The summed E-state index contributed by atoms with van der Waals surface area (Å²) < 4.78 is 16.5. The molecule has 2 aromatic carbocycles. The molecule has 0 amide bonds. The second kappa shape index (κ2) is 5.48. The van der Waals surface area contributed by atoms with Crippen molar-refractivity contribution in [3.63, 3.8) is 0 Å². The Bertz CT molecular complexity index is 678. The third-order valence-electron chi connectivity index (χ3n) is 3.60. The molecule has 0 aliphatic carbocycles. The van der Waals surface area contributed by atoms with Crippen molar-refractivity contribution in [3.05, 3.63) is 53.6 Å². The van der Waals surface area contributed by atoms with Crippen molar-refractivity contribution in [2.24, 2.45) is 0 Å². The summed E-state index contributed by atoms with van der Waals surface area (Å²) in [6.45, 7) is 2.27. The lowest BCUT2D eigenvalue weighted by atomic mass is 10.0. The Morgan fingerprint density at radius 2 is 1.95 bits per heavy atom. The van der Waals surface area contributed by atoms with Crippen LogP contribution in [-0.4, -0.2) is 13.1 Å². The molecule has 108 valence electrons. The number of fused-ring (bicyclic) bond motifs is 2. The summed E-state index contributed by atoms with van der Waals surface area (Å²) in [4.78, 5) is 11.7. The van der Waals surface area contributed by atoms with Gasteiger partial charge in [0, 0.05) is 5.56 Å². The number of hydrogen-bond donors (Lipinski definition) is 0. The zero-order valence-corrected chi connectivity index (χ0v) is 12.0. The molecule has 0 radical (unpaired) electrons. The van der Waals surface area contributed by atoms with Gasteiger partial charge in [0.25, 0.3) is 0 Å². The number of para-hydroxylation sites is 1. The highest BCUT2D eigenvalue weighted by molar-refractivity contribution is 5.77. The molecular weight excluding hydrogens is 268 g/mol. The molecular formula is C17H16O4. The lowest BCUT2D eigenvalue weighted by Crippen LogP contribution is -2.10. The number of esters is 1. The fourth-order valence-electron chi connectivity index (χ4n) is 2.30. The van der Waals surface area contributed by atoms with Crippen LogP contribution >= 0.6 is 0 Å². The van der Waals surface area contributed by atoms with Crippen LogP contribution in [0.4, 0.5) is 0 Å². The van der Waals surface area contributed by atoms with E-state index in [-0.39, 0.29) is 11.9 Å². The van der Waals surface area contributed by atoms with Gasteiger partial charge in [-0.15, -0.1) is 0 Å². The first-order chi connectivity index (χ1) is 10.2. The van der Waals surface area contributed by atoms with E-state index >= 15 is 0 Å². The summed E-state index contributed by atoms with van der Waals surface area (Å²) in [6, 6.07) is 13.3. The largest absolute Gasteiger partial charge is 0.485 e. The SMILES string of the molecule is COC(=O)C(C)c1ccc2c(c1)Oc1ccccc1CO2. The summed E-state index contributed by atoms with van der Waals surface area (Å²) in [7, 11) is 1.39. The highest BCUT2D eigenvalue weighted by Gasteiger charge is 2.20.